The molecular formula is C8H15BO. The van der Waals surface area contributed by atoms with E-state index in [0.717, 1.165) is 6.42 Å². The normalized spacial score (nSPS) is 47.9. The van der Waals surface area contributed by atoms with Crippen molar-refractivity contribution in [2.45, 2.75) is 39.3 Å². The van der Waals surface area contributed by atoms with E-state index >= 15 is 0 Å². The molecule has 1 heterocycles. The van der Waals surface area contributed by atoms with Gasteiger partial charge in [-0.15, -0.1) is 0 Å². The standard InChI is InChI=1S/C8H15BO/c1-4-7-5(2)6(3)8(9)10-7/h5-8H,4H2,1-3H3/t5?,6?,7?,8-/m1/s1. The van der Waals surface area contributed by atoms with Gasteiger partial charge in [0.05, 0.1) is 6.10 Å². The van der Waals surface area contributed by atoms with Gasteiger partial charge in [0.1, 0.15) is 7.85 Å². The summed E-state index contributed by atoms with van der Waals surface area (Å²) in [5.74, 6) is 1.14. The van der Waals surface area contributed by atoms with Gasteiger partial charge in [-0.2, -0.15) is 0 Å². The first-order valence-corrected chi connectivity index (χ1v) is 4.07. The van der Waals surface area contributed by atoms with Gasteiger partial charge in [-0.05, 0) is 18.3 Å². The van der Waals surface area contributed by atoms with Crippen LogP contribution in [-0.2, 0) is 4.74 Å². The summed E-state index contributed by atoms with van der Waals surface area (Å²) in [6.45, 7) is 6.52. The summed E-state index contributed by atoms with van der Waals surface area (Å²) < 4.78 is 5.51. The maximum atomic E-state index is 5.71. The van der Waals surface area contributed by atoms with E-state index in [1.54, 1.807) is 0 Å². The average molecular weight is 138 g/mol. The fourth-order valence-corrected chi connectivity index (χ4v) is 1.56. The van der Waals surface area contributed by atoms with E-state index in [1.807, 2.05) is 0 Å². The molecule has 0 spiro atoms. The van der Waals surface area contributed by atoms with Crippen molar-refractivity contribution in [1.29, 1.82) is 0 Å². The largest absolute Gasteiger partial charge is 0.384 e. The third-order valence-electron chi connectivity index (χ3n) is 2.67. The molecule has 3 unspecified atom stereocenters. The lowest BCUT2D eigenvalue weighted by molar-refractivity contribution is 0.0698. The lowest BCUT2D eigenvalue weighted by Gasteiger charge is -2.13. The molecule has 1 saturated heterocycles. The zero-order chi connectivity index (χ0) is 7.72. The molecule has 2 radical (unpaired) electrons. The van der Waals surface area contributed by atoms with Gasteiger partial charge in [0.15, 0.2) is 0 Å². The molecule has 1 rings (SSSR count). The minimum atomic E-state index is -0.0278. The SMILES string of the molecule is [B][C@@H]1OC(CC)C(C)C1C. The Balaban J connectivity index is 2.53. The fraction of sp³-hybridized carbons (Fsp3) is 1.00. The number of hydrogen-bond acceptors (Lipinski definition) is 1. The summed E-state index contributed by atoms with van der Waals surface area (Å²) in [4.78, 5) is 0. The molecule has 0 N–H and O–H groups in total. The first-order valence-electron chi connectivity index (χ1n) is 4.07. The van der Waals surface area contributed by atoms with Gasteiger partial charge < -0.3 is 4.74 Å². The van der Waals surface area contributed by atoms with E-state index in [9.17, 15) is 0 Å². The Morgan fingerprint density at radius 2 is 1.90 bits per heavy atom. The van der Waals surface area contributed by atoms with Gasteiger partial charge in [0, 0.05) is 6.00 Å². The molecule has 1 aliphatic heterocycles. The molecule has 56 valence electrons. The van der Waals surface area contributed by atoms with Crippen LogP contribution < -0.4 is 0 Å². The van der Waals surface area contributed by atoms with E-state index in [0.29, 0.717) is 17.9 Å². The number of rotatable bonds is 1. The molecular weight excluding hydrogens is 123 g/mol. The lowest BCUT2D eigenvalue weighted by atomic mass is 9.81. The zero-order valence-corrected chi connectivity index (χ0v) is 7.00. The van der Waals surface area contributed by atoms with Gasteiger partial charge in [0.2, 0.25) is 0 Å². The van der Waals surface area contributed by atoms with Gasteiger partial charge >= 0.3 is 0 Å². The first kappa shape index (κ1) is 8.12. The van der Waals surface area contributed by atoms with Crippen LogP contribution in [0.15, 0.2) is 0 Å². The Kier molecular flexibility index (Phi) is 2.40. The quantitative estimate of drug-likeness (QED) is 0.499. The molecule has 0 bridgehead atoms. The molecule has 1 fully saturated rings. The summed E-state index contributed by atoms with van der Waals surface area (Å²) in [5.41, 5.74) is 0. The number of hydrogen-bond donors (Lipinski definition) is 0. The Morgan fingerprint density at radius 1 is 1.30 bits per heavy atom. The van der Waals surface area contributed by atoms with Crippen LogP contribution >= 0.6 is 0 Å². The maximum Gasteiger partial charge on any atom is 0.109 e. The molecule has 0 aromatic rings. The Hall–Kier alpha value is 0.0249. The third kappa shape index (κ3) is 1.22. The van der Waals surface area contributed by atoms with Crippen LogP contribution in [0.1, 0.15) is 27.2 Å². The topological polar surface area (TPSA) is 9.23 Å². The van der Waals surface area contributed by atoms with Crippen molar-refractivity contribution >= 4 is 7.85 Å². The highest BCUT2D eigenvalue weighted by atomic mass is 16.5. The van der Waals surface area contributed by atoms with Crippen molar-refractivity contribution in [3.8, 4) is 0 Å². The minimum absolute atomic E-state index is 0.0278. The Labute approximate surface area is 64.6 Å². The van der Waals surface area contributed by atoms with Crippen molar-refractivity contribution in [2.24, 2.45) is 11.8 Å². The van der Waals surface area contributed by atoms with Crippen molar-refractivity contribution in [3.63, 3.8) is 0 Å². The summed E-state index contributed by atoms with van der Waals surface area (Å²) in [6, 6.07) is -0.0278. The van der Waals surface area contributed by atoms with E-state index in [-0.39, 0.29) is 6.00 Å². The first-order chi connectivity index (χ1) is 4.66. The van der Waals surface area contributed by atoms with Gasteiger partial charge in [-0.3, -0.25) is 0 Å². The van der Waals surface area contributed by atoms with E-state index in [2.05, 4.69) is 20.8 Å². The monoisotopic (exact) mass is 138 g/mol. The Morgan fingerprint density at radius 3 is 2.10 bits per heavy atom. The zero-order valence-electron chi connectivity index (χ0n) is 7.00. The summed E-state index contributed by atoms with van der Waals surface area (Å²) >= 11 is 0. The van der Waals surface area contributed by atoms with E-state index in [1.165, 1.54) is 0 Å². The second-order valence-corrected chi connectivity index (χ2v) is 3.27. The summed E-state index contributed by atoms with van der Waals surface area (Å²) in [5, 5.41) is 0. The highest BCUT2D eigenvalue weighted by Crippen LogP contribution is 2.31. The highest BCUT2D eigenvalue weighted by molar-refractivity contribution is 6.11. The molecule has 10 heavy (non-hydrogen) atoms. The Bertz CT molecular complexity index is 116. The molecule has 4 atom stereocenters. The van der Waals surface area contributed by atoms with Crippen molar-refractivity contribution in [3.05, 3.63) is 0 Å². The van der Waals surface area contributed by atoms with Crippen LogP contribution in [0.3, 0.4) is 0 Å². The maximum absolute atomic E-state index is 5.71. The van der Waals surface area contributed by atoms with Crippen LogP contribution in [0.5, 0.6) is 0 Å². The highest BCUT2D eigenvalue weighted by Gasteiger charge is 2.34. The fourth-order valence-electron chi connectivity index (χ4n) is 1.56. The molecule has 0 amide bonds. The number of ether oxygens (including phenoxy) is 1. The molecule has 0 aromatic heterocycles. The lowest BCUT2D eigenvalue weighted by Crippen LogP contribution is -2.15. The predicted octanol–water partition coefficient (Wildman–Crippen LogP) is 1.56. The molecule has 0 saturated carbocycles. The third-order valence-corrected chi connectivity index (χ3v) is 2.67. The predicted molar refractivity (Wildman–Crippen MR) is 43.0 cm³/mol. The molecule has 2 heteroatoms. The summed E-state index contributed by atoms with van der Waals surface area (Å²) in [7, 11) is 5.71. The van der Waals surface area contributed by atoms with Crippen LogP contribution in [0.25, 0.3) is 0 Å². The molecule has 1 aliphatic rings. The second kappa shape index (κ2) is 2.95. The van der Waals surface area contributed by atoms with Gasteiger partial charge in [-0.1, -0.05) is 20.8 Å². The minimum Gasteiger partial charge on any atom is -0.384 e. The van der Waals surface area contributed by atoms with E-state index < -0.39 is 0 Å². The van der Waals surface area contributed by atoms with Crippen LogP contribution in [0.2, 0.25) is 0 Å². The average Bonchev–Trinajstić information content (AvgIpc) is 2.17. The van der Waals surface area contributed by atoms with Gasteiger partial charge in [0.25, 0.3) is 0 Å². The van der Waals surface area contributed by atoms with Gasteiger partial charge in [-0.25, -0.2) is 0 Å². The molecule has 0 aliphatic carbocycles. The van der Waals surface area contributed by atoms with Crippen molar-refractivity contribution < 1.29 is 4.74 Å². The molecule has 1 nitrogen and oxygen atoms in total. The van der Waals surface area contributed by atoms with E-state index in [4.69, 9.17) is 12.6 Å². The van der Waals surface area contributed by atoms with Crippen molar-refractivity contribution in [2.75, 3.05) is 0 Å². The van der Waals surface area contributed by atoms with Crippen LogP contribution in [0.4, 0.5) is 0 Å². The molecule has 0 aromatic carbocycles. The second-order valence-electron chi connectivity index (χ2n) is 3.27. The van der Waals surface area contributed by atoms with Crippen LogP contribution in [-0.4, -0.2) is 20.0 Å². The smallest absolute Gasteiger partial charge is 0.109 e. The van der Waals surface area contributed by atoms with Crippen LogP contribution in [0, 0.1) is 11.8 Å². The summed E-state index contributed by atoms with van der Waals surface area (Å²) in [6.07, 6.45) is 1.48. The van der Waals surface area contributed by atoms with Crippen molar-refractivity contribution in [1.82, 2.24) is 0 Å².